The van der Waals surface area contributed by atoms with E-state index in [1.807, 2.05) is 36.4 Å². The summed E-state index contributed by atoms with van der Waals surface area (Å²) in [7, 11) is 1.69. The minimum absolute atomic E-state index is 0.0213. The number of hydrogen-bond donors (Lipinski definition) is 2. The fourth-order valence-electron chi connectivity index (χ4n) is 2.29. The molecule has 0 aliphatic carbocycles. The number of rotatable bonds is 6. The molecule has 2 aromatic carbocycles. The normalized spacial score (nSPS) is 13.9. The van der Waals surface area contributed by atoms with Crippen LogP contribution in [-0.4, -0.2) is 24.9 Å². The van der Waals surface area contributed by atoms with E-state index in [2.05, 4.69) is 12.2 Å². The highest BCUT2D eigenvalue weighted by molar-refractivity contribution is 6.30. The van der Waals surface area contributed by atoms with E-state index in [-0.39, 0.29) is 17.8 Å². The van der Waals surface area contributed by atoms with Gasteiger partial charge in [0, 0.05) is 18.2 Å². The molecule has 0 heterocycles. The molecule has 2 unspecified atom stereocenters. The maximum atomic E-state index is 9.45. The summed E-state index contributed by atoms with van der Waals surface area (Å²) in [5, 5.41) is 13.7. The molecule has 0 bridgehead atoms. The Morgan fingerprint density at radius 1 is 1.05 bits per heavy atom. The Kier molecular flexibility index (Phi) is 5.62. The van der Waals surface area contributed by atoms with E-state index < -0.39 is 0 Å². The highest BCUT2D eigenvalue weighted by atomic mass is 35.5. The van der Waals surface area contributed by atoms with Crippen molar-refractivity contribution in [2.24, 2.45) is 0 Å². The van der Waals surface area contributed by atoms with E-state index in [9.17, 15) is 5.11 Å². The van der Waals surface area contributed by atoms with Crippen molar-refractivity contribution < 1.29 is 9.84 Å². The highest BCUT2D eigenvalue weighted by Gasteiger charge is 2.16. The van der Waals surface area contributed by atoms with Crippen molar-refractivity contribution in [3.05, 3.63) is 64.7 Å². The van der Waals surface area contributed by atoms with Crippen molar-refractivity contribution in [2.45, 2.75) is 19.0 Å². The van der Waals surface area contributed by atoms with Gasteiger partial charge in [-0.25, -0.2) is 0 Å². The summed E-state index contributed by atoms with van der Waals surface area (Å²) >= 11 is 5.97. The van der Waals surface area contributed by atoms with Crippen molar-refractivity contribution in [3.63, 3.8) is 0 Å². The molecule has 21 heavy (non-hydrogen) atoms. The van der Waals surface area contributed by atoms with Gasteiger partial charge in [-0.05, 0) is 42.3 Å². The molecule has 0 aliphatic rings. The van der Waals surface area contributed by atoms with Gasteiger partial charge in [-0.2, -0.15) is 0 Å². The summed E-state index contributed by atoms with van der Waals surface area (Å²) in [6.45, 7) is 2.70. The van der Waals surface area contributed by atoms with Gasteiger partial charge in [0.05, 0.1) is 12.6 Å². The van der Waals surface area contributed by atoms with Crippen LogP contribution < -0.4 is 5.32 Å². The third-order valence-corrected chi connectivity index (χ3v) is 3.55. The second kappa shape index (κ2) is 7.46. The van der Waals surface area contributed by atoms with Crippen LogP contribution in [0.5, 0.6) is 5.75 Å². The molecule has 0 aliphatic heterocycles. The van der Waals surface area contributed by atoms with Crippen molar-refractivity contribution in [3.8, 4) is 5.75 Å². The van der Waals surface area contributed by atoms with Gasteiger partial charge < -0.3 is 15.2 Å². The monoisotopic (exact) mass is 305 g/mol. The summed E-state index contributed by atoms with van der Waals surface area (Å²) in [6, 6.07) is 15.2. The standard InChI is InChI=1S/C17H20ClNO2/c1-12(11-21-2)19-17(13-3-7-15(18)8-4-13)14-5-9-16(20)10-6-14/h3-10,12,17,19-20H,11H2,1-2H3. The van der Waals surface area contributed by atoms with Gasteiger partial charge in [0.2, 0.25) is 0 Å². The number of phenols is 1. The zero-order valence-electron chi connectivity index (χ0n) is 12.2. The average molecular weight is 306 g/mol. The van der Waals surface area contributed by atoms with Crippen molar-refractivity contribution in [1.29, 1.82) is 0 Å². The maximum absolute atomic E-state index is 9.45. The molecule has 3 nitrogen and oxygen atoms in total. The molecule has 0 saturated heterocycles. The quantitative estimate of drug-likeness (QED) is 0.854. The lowest BCUT2D eigenvalue weighted by Gasteiger charge is -2.24. The van der Waals surface area contributed by atoms with Crippen LogP contribution in [0.25, 0.3) is 0 Å². The maximum Gasteiger partial charge on any atom is 0.115 e. The number of ether oxygens (including phenoxy) is 1. The third kappa shape index (κ3) is 4.46. The minimum Gasteiger partial charge on any atom is -0.508 e. The van der Waals surface area contributed by atoms with E-state index in [1.54, 1.807) is 19.2 Å². The number of benzene rings is 2. The predicted molar refractivity (Wildman–Crippen MR) is 85.9 cm³/mol. The van der Waals surface area contributed by atoms with Crippen LogP contribution in [0.4, 0.5) is 0 Å². The minimum atomic E-state index is 0.0213. The molecule has 0 radical (unpaired) electrons. The van der Waals surface area contributed by atoms with Crippen LogP contribution >= 0.6 is 11.6 Å². The van der Waals surface area contributed by atoms with E-state index in [0.29, 0.717) is 11.6 Å². The molecular formula is C17H20ClNO2. The average Bonchev–Trinajstić information content (AvgIpc) is 2.47. The van der Waals surface area contributed by atoms with Crippen LogP contribution in [0.1, 0.15) is 24.1 Å². The zero-order valence-corrected chi connectivity index (χ0v) is 13.0. The van der Waals surface area contributed by atoms with Crippen LogP contribution in [0.2, 0.25) is 5.02 Å². The topological polar surface area (TPSA) is 41.5 Å². The number of halogens is 1. The van der Waals surface area contributed by atoms with Crippen molar-refractivity contribution >= 4 is 11.6 Å². The Hall–Kier alpha value is -1.55. The number of hydrogen-bond acceptors (Lipinski definition) is 3. The molecule has 2 atom stereocenters. The summed E-state index contributed by atoms with van der Waals surface area (Å²) in [4.78, 5) is 0. The summed E-state index contributed by atoms with van der Waals surface area (Å²) < 4.78 is 5.19. The van der Waals surface area contributed by atoms with Gasteiger partial charge in [0.1, 0.15) is 5.75 Å². The number of nitrogens with one attached hydrogen (secondary N) is 1. The molecule has 0 amide bonds. The Balaban J connectivity index is 2.29. The highest BCUT2D eigenvalue weighted by Crippen LogP contribution is 2.25. The SMILES string of the molecule is COCC(C)NC(c1ccc(O)cc1)c1ccc(Cl)cc1. The van der Waals surface area contributed by atoms with Crippen LogP contribution in [0.3, 0.4) is 0 Å². The zero-order chi connectivity index (χ0) is 15.2. The Bertz CT molecular complexity index is 509. The summed E-state index contributed by atoms with van der Waals surface area (Å²) in [5.41, 5.74) is 2.20. The van der Waals surface area contributed by atoms with E-state index in [1.165, 1.54) is 0 Å². The first-order valence-electron chi connectivity index (χ1n) is 6.89. The largest absolute Gasteiger partial charge is 0.508 e. The van der Waals surface area contributed by atoms with Crippen molar-refractivity contribution in [2.75, 3.05) is 13.7 Å². The molecule has 4 heteroatoms. The first-order valence-corrected chi connectivity index (χ1v) is 7.27. The molecule has 0 spiro atoms. The van der Waals surface area contributed by atoms with Gasteiger partial charge in [0.25, 0.3) is 0 Å². The Morgan fingerprint density at radius 3 is 2.10 bits per heavy atom. The molecule has 0 saturated carbocycles. The lowest BCUT2D eigenvalue weighted by Crippen LogP contribution is -2.34. The van der Waals surface area contributed by atoms with Gasteiger partial charge in [0.15, 0.2) is 0 Å². The van der Waals surface area contributed by atoms with E-state index in [0.717, 1.165) is 11.1 Å². The van der Waals surface area contributed by atoms with Crippen molar-refractivity contribution in [1.82, 2.24) is 5.32 Å². The lowest BCUT2D eigenvalue weighted by molar-refractivity contribution is 0.169. The molecule has 2 rings (SSSR count). The molecule has 112 valence electrons. The fraction of sp³-hybridized carbons (Fsp3) is 0.294. The lowest BCUT2D eigenvalue weighted by atomic mass is 9.98. The number of phenolic OH excluding ortho intramolecular Hbond substituents is 1. The van der Waals surface area contributed by atoms with Crippen LogP contribution in [-0.2, 0) is 4.74 Å². The first-order chi connectivity index (χ1) is 10.1. The summed E-state index contributed by atoms with van der Waals surface area (Å²) in [5.74, 6) is 0.263. The van der Waals surface area contributed by atoms with E-state index in [4.69, 9.17) is 16.3 Å². The molecule has 0 fully saturated rings. The first kappa shape index (κ1) is 15.8. The number of aromatic hydroxyl groups is 1. The third-order valence-electron chi connectivity index (χ3n) is 3.30. The fourth-order valence-corrected chi connectivity index (χ4v) is 2.42. The molecule has 2 N–H and O–H groups in total. The smallest absolute Gasteiger partial charge is 0.115 e. The second-order valence-corrected chi connectivity index (χ2v) is 5.54. The van der Waals surface area contributed by atoms with Gasteiger partial charge in [-0.15, -0.1) is 0 Å². The summed E-state index contributed by atoms with van der Waals surface area (Å²) in [6.07, 6.45) is 0. The number of methoxy groups -OCH3 is 1. The van der Waals surface area contributed by atoms with Gasteiger partial charge in [-0.3, -0.25) is 0 Å². The Morgan fingerprint density at radius 2 is 1.57 bits per heavy atom. The van der Waals surface area contributed by atoms with Gasteiger partial charge >= 0.3 is 0 Å². The van der Waals surface area contributed by atoms with Gasteiger partial charge in [-0.1, -0.05) is 35.9 Å². The Labute approximate surface area is 130 Å². The predicted octanol–water partition coefficient (Wildman–Crippen LogP) is 3.76. The molecular weight excluding hydrogens is 286 g/mol. The van der Waals surface area contributed by atoms with Crippen LogP contribution in [0, 0.1) is 0 Å². The second-order valence-electron chi connectivity index (χ2n) is 5.10. The van der Waals surface area contributed by atoms with E-state index >= 15 is 0 Å². The molecule has 0 aromatic heterocycles. The van der Waals surface area contributed by atoms with Crippen LogP contribution in [0.15, 0.2) is 48.5 Å². The molecule has 2 aromatic rings.